The van der Waals surface area contributed by atoms with Gasteiger partial charge in [-0.1, -0.05) is 78.9 Å². The van der Waals surface area contributed by atoms with E-state index in [-0.39, 0.29) is 12.5 Å². The van der Waals surface area contributed by atoms with Crippen molar-refractivity contribution >= 4 is 11.5 Å². The molecule has 1 aliphatic carbocycles. The first-order valence-corrected chi connectivity index (χ1v) is 12.3. The lowest BCUT2D eigenvalue weighted by Crippen LogP contribution is -2.13. The Bertz CT molecular complexity index is 1320. The summed E-state index contributed by atoms with van der Waals surface area (Å²) in [6.45, 7) is 1.58. The van der Waals surface area contributed by atoms with Crippen LogP contribution >= 0.6 is 0 Å². The minimum Gasteiger partial charge on any atom is -0.482 e. The molecule has 0 saturated heterocycles. The first-order chi connectivity index (χ1) is 17.6. The average Bonchev–Trinajstić information content (AvgIpc) is 3.36. The molecule has 5 nitrogen and oxygen atoms in total. The second-order valence-corrected chi connectivity index (χ2v) is 9.20. The van der Waals surface area contributed by atoms with Gasteiger partial charge in [-0.15, -0.1) is 0 Å². The number of aryl methyl sites for hydroxylation is 1. The molecular formula is C31H29NO4. The molecule has 5 heteroatoms. The third-order valence-corrected chi connectivity index (χ3v) is 6.60. The minimum atomic E-state index is -0.982. The second-order valence-electron chi connectivity index (χ2n) is 9.20. The molecule has 1 atom stereocenters. The average molecular weight is 480 g/mol. The van der Waals surface area contributed by atoms with E-state index in [0.29, 0.717) is 11.6 Å². The Morgan fingerprint density at radius 2 is 1.75 bits per heavy atom. The van der Waals surface area contributed by atoms with Crippen LogP contribution in [0.5, 0.6) is 5.75 Å². The fraction of sp³-hybridized carbons (Fsp3) is 0.226. The highest BCUT2D eigenvalue weighted by Crippen LogP contribution is 2.40. The van der Waals surface area contributed by atoms with Gasteiger partial charge >= 0.3 is 5.97 Å². The number of hydrogen-bond acceptors (Lipinski definition) is 4. The molecule has 5 rings (SSSR count). The van der Waals surface area contributed by atoms with Gasteiger partial charge in [-0.2, -0.15) is 0 Å². The van der Waals surface area contributed by atoms with Crippen molar-refractivity contribution in [3.8, 4) is 28.3 Å². The van der Waals surface area contributed by atoms with E-state index < -0.39 is 5.97 Å². The number of nitrogens with zero attached hydrogens (tertiary/aromatic N) is 1. The van der Waals surface area contributed by atoms with Gasteiger partial charge in [0.25, 0.3) is 0 Å². The van der Waals surface area contributed by atoms with Crippen molar-refractivity contribution in [2.24, 2.45) is 5.92 Å². The highest BCUT2D eigenvalue weighted by molar-refractivity contribution is 5.79. The monoisotopic (exact) mass is 479 g/mol. The van der Waals surface area contributed by atoms with Crippen LogP contribution < -0.4 is 4.74 Å². The number of ether oxygens (including phenoxy) is 1. The van der Waals surface area contributed by atoms with E-state index in [1.807, 2.05) is 55.5 Å². The van der Waals surface area contributed by atoms with Gasteiger partial charge in [0.05, 0.1) is 0 Å². The van der Waals surface area contributed by atoms with Crippen LogP contribution in [0.3, 0.4) is 0 Å². The summed E-state index contributed by atoms with van der Waals surface area (Å²) in [6, 6.07) is 26.3. The van der Waals surface area contributed by atoms with E-state index in [4.69, 9.17) is 19.2 Å². The maximum absolute atomic E-state index is 11.0. The first kappa shape index (κ1) is 23.6. The van der Waals surface area contributed by atoms with Crippen LogP contribution in [-0.4, -0.2) is 22.7 Å². The number of rotatable bonds is 8. The van der Waals surface area contributed by atoms with Crippen LogP contribution in [0.4, 0.5) is 0 Å². The SMILES string of the molecule is Cc1ccc(CC2CCCC=C2c2nc(-c3ccccc3)c(-c3ccccc3)o2)cc1OCC(=O)O. The van der Waals surface area contributed by atoms with Gasteiger partial charge in [-0.3, -0.25) is 0 Å². The van der Waals surface area contributed by atoms with Crippen molar-refractivity contribution in [2.45, 2.75) is 32.6 Å². The van der Waals surface area contributed by atoms with Gasteiger partial charge < -0.3 is 14.3 Å². The summed E-state index contributed by atoms with van der Waals surface area (Å²) >= 11 is 0. The van der Waals surface area contributed by atoms with Gasteiger partial charge in [0.15, 0.2) is 12.4 Å². The smallest absolute Gasteiger partial charge is 0.341 e. The molecule has 1 unspecified atom stereocenters. The Morgan fingerprint density at radius 1 is 1.03 bits per heavy atom. The first-order valence-electron chi connectivity index (χ1n) is 12.3. The molecule has 0 amide bonds. The van der Waals surface area contributed by atoms with E-state index >= 15 is 0 Å². The molecule has 1 heterocycles. The summed E-state index contributed by atoms with van der Waals surface area (Å²) < 4.78 is 12.0. The molecule has 0 bridgehead atoms. The van der Waals surface area contributed by atoms with Crippen molar-refractivity contribution in [3.63, 3.8) is 0 Å². The van der Waals surface area contributed by atoms with Gasteiger partial charge in [0, 0.05) is 16.7 Å². The molecule has 0 aliphatic heterocycles. The third-order valence-electron chi connectivity index (χ3n) is 6.60. The van der Waals surface area contributed by atoms with Crippen LogP contribution in [0.2, 0.25) is 0 Å². The molecule has 182 valence electrons. The van der Waals surface area contributed by atoms with Crippen molar-refractivity contribution in [3.05, 3.63) is 102 Å². The topological polar surface area (TPSA) is 72.6 Å². The lowest BCUT2D eigenvalue weighted by molar-refractivity contribution is -0.139. The summed E-state index contributed by atoms with van der Waals surface area (Å²) in [5, 5.41) is 9.00. The van der Waals surface area contributed by atoms with Crippen LogP contribution in [0, 0.1) is 12.8 Å². The molecule has 1 N–H and O–H groups in total. The summed E-state index contributed by atoms with van der Waals surface area (Å²) in [7, 11) is 0. The Hall–Kier alpha value is -4.12. The van der Waals surface area contributed by atoms with Crippen LogP contribution in [0.1, 0.15) is 36.3 Å². The fourth-order valence-corrected chi connectivity index (χ4v) is 4.79. The largest absolute Gasteiger partial charge is 0.482 e. The number of hydrogen-bond donors (Lipinski definition) is 1. The number of carboxylic acids is 1. The summed E-state index contributed by atoms with van der Waals surface area (Å²) in [4.78, 5) is 16.0. The highest BCUT2D eigenvalue weighted by Gasteiger charge is 2.26. The fourth-order valence-electron chi connectivity index (χ4n) is 4.79. The lowest BCUT2D eigenvalue weighted by Gasteiger charge is -2.23. The van der Waals surface area contributed by atoms with Gasteiger partial charge in [0.2, 0.25) is 5.89 Å². The summed E-state index contributed by atoms with van der Waals surface area (Å²) in [6.07, 6.45) is 6.21. The van der Waals surface area contributed by atoms with E-state index in [1.165, 1.54) is 0 Å². The van der Waals surface area contributed by atoms with Gasteiger partial charge in [-0.05, 0) is 55.7 Å². The second kappa shape index (κ2) is 10.6. The van der Waals surface area contributed by atoms with Crippen LogP contribution in [-0.2, 0) is 11.2 Å². The molecule has 3 aromatic carbocycles. The summed E-state index contributed by atoms with van der Waals surface area (Å²) in [5.41, 5.74) is 6.04. The maximum atomic E-state index is 11.0. The predicted octanol–water partition coefficient (Wildman–Crippen LogP) is 7.21. The van der Waals surface area contributed by atoms with Gasteiger partial charge in [-0.25, -0.2) is 9.78 Å². The predicted molar refractivity (Wildman–Crippen MR) is 141 cm³/mol. The van der Waals surface area contributed by atoms with E-state index in [2.05, 4.69) is 36.4 Å². The molecule has 0 spiro atoms. The van der Waals surface area contributed by atoms with Crippen molar-refractivity contribution in [2.75, 3.05) is 6.61 Å². The van der Waals surface area contributed by atoms with Crippen LogP contribution in [0.25, 0.3) is 28.2 Å². The quantitative estimate of drug-likeness (QED) is 0.289. The standard InChI is InChI=1S/C31H29NO4/c1-21-16-17-22(19-27(21)35-20-28(33)34)18-25-14-8-9-15-26(25)31-32-29(23-10-4-2-5-11-23)30(36-31)24-12-6-3-7-13-24/h2-7,10-13,15-17,19,25H,8-9,14,18,20H2,1H3,(H,33,34). The van der Waals surface area contributed by atoms with Gasteiger partial charge in [0.1, 0.15) is 11.4 Å². The molecule has 0 fully saturated rings. The molecular weight excluding hydrogens is 450 g/mol. The van der Waals surface area contributed by atoms with Crippen molar-refractivity contribution in [1.82, 2.24) is 4.98 Å². The number of aromatic nitrogens is 1. The Balaban J connectivity index is 1.48. The molecule has 0 radical (unpaired) electrons. The third kappa shape index (κ3) is 5.25. The highest BCUT2D eigenvalue weighted by atomic mass is 16.5. The molecule has 4 aromatic rings. The lowest BCUT2D eigenvalue weighted by atomic mass is 9.83. The molecule has 1 aliphatic rings. The van der Waals surface area contributed by atoms with Crippen LogP contribution in [0.15, 0.2) is 89.4 Å². The Kier molecular flexibility index (Phi) is 6.99. The number of allylic oxidation sites excluding steroid dienone is 2. The Labute approximate surface area is 211 Å². The normalized spacial score (nSPS) is 15.4. The minimum absolute atomic E-state index is 0.250. The van der Waals surface area contributed by atoms with Crippen molar-refractivity contribution < 1.29 is 19.1 Å². The molecule has 1 aromatic heterocycles. The Morgan fingerprint density at radius 3 is 2.47 bits per heavy atom. The number of oxazole rings is 1. The van der Waals surface area contributed by atoms with E-state index in [0.717, 1.165) is 65.0 Å². The van der Waals surface area contributed by atoms with Crippen molar-refractivity contribution in [1.29, 1.82) is 0 Å². The summed E-state index contributed by atoms with van der Waals surface area (Å²) in [5.74, 6) is 1.34. The molecule has 36 heavy (non-hydrogen) atoms. The number of carbonyl (C=O) groups is 1. The maximum Gasteiger partial charge on any atom is 0.341 e. The van der Waals surface area contributed by atoms with E-state index in [1.54, 1.807) is 0 Å². The molecule has 0 saturated carbocycles. The number of aliphatic carboxylic acids is 1. The zero-order chi connectivity index (χ0) is 24.9. The zero-order valence-electron chi connectivity index (χ0n) is 20.3. The van der Waals surface area contributed by atoms with E-state index in [9.17, 15) is 4.79 Å². The number of benzene rings is 3. The zero-order valence-corrected chi connectivity index (χ0v) is 20.3. The number of carboxylic acid groups (broad SMARTS) is 1.